The summed E-state index contributed by atoms with van der Waals surface area (Å²) in [6, 6.07) is 8.30. The number of amides is 2. The Morgan fingerprint density at radius 2 is 2.16 bits per heavy atom. The molecule has 0 saturated carbocycles. The van der Waals surface area contributed by atoms with Crippen LogP contribution in [-0.2, 0) is 11.3 Å². The Labute approximate surface area is 151 Å². The minimum atomic E-state index is -0.393. The van der Waals surface area contributed by atoms with E-state index in [1.807, 2.05) is 11.0 Å². The summed E-state index contributed by atoms with van der Waals surface area (Å²) < 4.78 is 0. The third-order valence-electron chi connectivity index (χ3n) is 5.35. The number of aryl methyl sites for hydroxylation is 1. The van der Waals surface area contributed by atoms with Crippen LogP contribution in [-0.4, -0.2) is 46.2 Å². The molecule has 0 aliphatic carbocycles. The second-order valence-electron chi connectivity index (χ2n) is 7.10. The standard InChI is InChI=1S/C19H21N3O2S/c1-14-3-2-4-15(9-14)10-21-7-5-19(18(21)24)6-8-22(12-19)17(23)16-11-25-13-20-16/h2-4,9,11,13H,5-8,10,12H2,1H3/t19-/m1/s1. The number of nitrogens with zero attached hydrogens (tertiary/aromatic N) is 3. The SMILES string of the molecule is Cc1cccc(CN2CC[C@]3(CCN(C(=O)c4cscn4)C3)C2=O)c1. The first-order valence-electron chi connectivity index (χ1n) is 8.60. The second-order valence-corrected chi connectivity index (χ2v) is 7.82. The van der Waals surface area contributed by atoms with Crippen LogP contribution in [0.15, 0.2) is 35.2 Å². The normalized spacial score (nSPS) is 23.0. The lowest BCUT2D eigenvalue weighted by molar-refractivity contribution is -0.135. The number of rotatable bonds is 3. The van der Waals surface area contributed by atoms with Crippen LogP contribution in [0.25, 0.3) is 0 Å². The zero-order valence-electron chi connectivity index (χ0n) is 14.3. The van der Waals surface area contributed by atoms with E-state index in [0.29, 0.717) is 25.3 Å². The third kappa shape index (κ3) is 2.95. The van der Waals surface area contributed by atoms with Crippen LogP contribution in [0, 0.1) is 12.3 Å². The Kier molecular flexibility index (Phi) is 4.07. The maximum Gasteiger partial charge on any atom is 0.273 e. The maximum absolute atomic E-state index is 13.0. The Morgan fingerprint density at radius 1 is 1.32 bits per heavy atom. The molecule has 25 heavy (non-hydrogen) atoms. The first kappa shape index (κ1) is 16.3. The number of hydrogen-bond donors (Lipinski definition) is 0. The highest BCUT2D eigenvalue weighted by Gasteiger charge is 2.51. The molecule has 3 heterocycles. The summed E-state index contributed by atoms with van der Waals surface area (Å²) in [5.74, 6) is 0.144. The highest BCUT2D eigenvalue weighted by molar-refractivity contribution is 7.07. The molecule has 2 aliphatic rings. The molecular formula is C19H21N3O2S. The highest BCUT2D eigenvalue weighted by Crippen LogP contribution is 2.41. The molecule has 1 aromatic carbocycles. The van der Waals surface area contributed by atoms with Crippen LogP contribution in [0.2, 0.25) is 0 Å². The zero-order chi connectivity index (χ0) is 17.4. The molecule has 1 spiro atoms. The van der Waals surface area contributed by atoms with Crippen molar-refractivity contribution in [2.75, 3.05) is 19.6 Å². The molecule has 5 nitrogen and oxygen atoms in total. The fourth-order valence-electron chi connectivity index (χ4n) is 3.98. The fourth-order valence-corrected chi connectivity index (χ4v) is 4.51. The van der Waals surface area contributed by atoms with Crippen LogP contribution in [0.1, 0.15) is 34.5 Å². The van der Waals surface area contributed by atoms with Crippen molar-refractivity contribution in [3.8, 4) is 0 Å². The van der Waals surface area contributed by atoms with Crippen molar-refractivity contribution < 1.29 is 9.59 Å². The van der Waals surface area contributed by atoms with Gasteiger partial charge in [-0.3, -0.25) is 9.59 Å². The minimum Gasteiger partial charge on any atom is -0.338 e. The summed E-state index contributed by atoms with van der Waals surface area (Å²) in [5.41, 5.74) is 4.14. The van der Waals surface area contributed by atoms with Crippen molar-refractivity contribution in [3.63, 3.8) is 0 Å². The quantitative estimate of drug-likeness (QED) is 0.851. The Balaban J connectivity index is 1.45. The molecule has 2 aromatic rings. The molecule has 4 rings (SSSR count). The van der Waals surface area contributed by atoms with Gasteiger partial charge in [-0.05, 0) is 25.3 Å². The lowest BCUT2D eigenvalue weighted by Crippen LogP contribution is -2.38. The number of hydrogen-bond acceptors (Lipinski definition) is 4. The second kappa shape index (κ2) is 6.26. The number of aromatic nitrogens is 1. The van der Waals surface area contributed by atoms with Crippen molar-refractivity contribution in [1.29, 1.82) is 0 Å². The van der Waals surface area contributed by atoms with Gasteiger partial charge in [-0.1, -0.05) is 29.8 Å². The molecular weight excluding hydrogens is 334 g/mol. The van der Waals surface area contributed by atoms with Gasteiger partial charge >= 0.3 is 0 Å². The van der Waals surface area contributed by atoms with Gasteiger partial charge in [0.15, 0.2) is 0 Å². The molecule has 0 N–H and O–H groups in total. The summed E-state index contributed by atoms with van der Waals surface area (Å²) in [7, 11) is 0. The third-order valence-corrected chi connectivity index (χ3v) is 5.94. The lowest BCUT2D eigenvalue weighted by Gasteiger charge is -2.23. The molecule has 2 saturated heterocycles. The first-order valence-corrected chi connectivity index (χ1v) is 9.54. The molecule has 0 bridgehead atoms. The van der Waals surface area contributed by atoms with Gasteiger partial charge in [-0.25, -0.2) is 4.98 Å². The maximum atomic E-state index is 13.0. The monoisotopic (exact) mass is 355 g/mol. The largest absolute Gasteiger partial charge is 0.338 e. The van der Waals surface area contributed by atoms with Gasteiger partial charge in [-0.15, -0.1) is 11.3 Å². The Hall–Kier alpha value is -2.21. The van der Waals surface area contributed by atoms with Crippen molar-refractivity contribution in [3.05, 3.63) is 52.0 Å². The molecule has 130 valence electrons. The van der Waals surface area contributed by atoms with Crippen molar-refractivity contribution in [2.45, 2.75) is 26.3 Å². The van der Waals surface area contributed by atoms with Gasteiger partial charge in [-0.2, -0.15) is 0 Å². The number of carbonyl (C=O) groups is 2. The van der Waals surface area contributed by atoms with Crippen LogP contribution < -0.4 is 0 Å². The van der Waals surface area contributed by atoms with E-state index in [4.69, 9.17) is 0 Å². The molecule has 6 heteroatoms. The zero-order valence-corrected chi connectivity index (χ0v) is 15.1. The Morgan fingerprint density at radius 3 is 2.92 bits per heavy atom. The van der Waals surface area contributed by atoms with E-state index < -0.39 is 5.41 Å². The van der Waals surface area contributed by atoms with Crippen LogP contribution in [0.3, 0.4) is 0 Å². The van der Waals surface area contributed by atoms with E-state index >= 15 is 0 Å². The first-order chi connectivity index (χ1) is 12.1. The van der Waals surface area contributed by atoms with E-state index in [1.54, 1.807) is 15.8 Å². The fraction of sp³-hybridized carbons (Fsp3) is 0.421. The summed E-state index contributed by atoms with van der Waals surface area (Å²) in [6.07, 6.45) is 1.59. The number of likely N-dealkylation sites (tertiary alicyclic amines) is 2. The molecule has 2 amide bonds. The van der Waals surface area contributed by atoms with E-state index in [9.17, 15) is 9.59 Å². The van der Waals surface area contributed by atoms with Crippen LogP contribution >= 0.6 is 11.3 Å². The average Bonchev–Trinajstić information content (AvgIpc) is 3.33. The van der Waals surface area contributed by atoms with Gasteiger partial charge in [0.1, 0.15) is 5.69 Å². The van der Waals surface area contributed by atoms with Gasteiger partial charge in [0, 0.05) is 31.6 Å². The molecule has 2 aliphatic heterocycles. The predicted octanol–water partition coefficient (Wildman–Crippen LogP) is 2.72. The summed E-state index contributed by atoms with van der Waals surface area (Å²) in [4.78, 5) is 33.4. The van der Waals surface area contributed by atoms with Crippen molar-refractivity contribution in [2.24, 2.45) is 5.41 Å². The highest BCUT2D eigenvalue weighted by atomic mass is 32.1. The molecule has 1 atom stereocenters. The predicted molar refractivity (Wildman–Crippen MR) is 96.3 cm³/mol. The molecule has 1 aromatic heterocycles. The smallest absolute Gasteiger partial charge is 0.273 e. The van der Waals surface area contributed by atoms with E-state index in [0.717, 1.165) is 19.4 Å². The van der Waals surface area contributed by atoms with Gasteiger partial charge in [0.25, 0.3) is 5.91 Å². The summed E-state index contributed by atoms with van der Waals surface area (Å²) in [5, 5.41) is 1.77. The van der Waals surface area contributed by atoms with Gasteiger partial charge in [0.05, 0.1) is 10.9 Å². The number of thiazole rings is 1. The van der Waals surface area contributed by atoms with Crippen LogP contribution in [0.5, 0.6) is 0 Å². The van der Waals surface area contributed by atoms with Crippen LogP contribution in [0.4, 0.5) is 0 Å². The number of benzene rings is 1. The van der Waals surface area contributed by atoms with E-state index in [1.165, 1.54) is 22.5 Å². The average molecular weight is 355 g/mol. The van der Waals surface area contributed by atoms with Crippen molar-refractivity contribution in [1.82, 2.24) is 14.8 Å². The minimum absolute atomic E-state index is 0.0527. The van der Waals surface area contributed by atoms with Gasteiger partial charge < -0.3 is 9.80 Å². The Bertz CT molecular complexity index is 805. The molecule has 2 fully saturated rings. The van der Waals surface area contributed by atoms with Gasteiger partial charge in [0.2, 0.25) is 5.91 Å². The topological polar surface area (TPSA) is 53.5 Å². The molecule has 0 unspecified atom stereocenters. The van der Waals surface area contributed by atoms with Crippen molar-refractivity contribution >= 4 is 23.2 Å². The number of carbonyl (C=O) groups excluding carboxylic acids is 2. The lowest BCUT2D eigenvalue weighted by atomic mass is 9.85. The summed E-state index contributed by atoms with van der Waals surface area (Å²) >= 11 is 1.42. The van der Waals surface area contributed by atoms with E-state index in [-0.39, 0.29) is 11.8 Å². The van der Waals surface area contributed by atoms with E-state index in [2.05, 4.69) is 30.1 Å². The summed E-state index contributed by atoms with van der Waals surface area (Å²) in [6.45, 7) is 4.65. The molecule has 0 radical (unpaired) electrons.